The Morgan fingerprint density at radius 1 is 1.60 bits per heavy atom. The Kier molecular flexibility index (Phi) is 7.72. The van der Waals surface area contributed by atoms with Crippen molar-refractivity contribution >= 4 is 51.7 Å². The lowest BCUT2D eigenvalue weighted by Crippen LogP contribution is -2.39. The van der Waals surface area contributed by atoms with Crippen LogP contribution in [0.4, 0.5) is 5.69 Å². The first-order valence-corrected chi connectivity index (χ1v) is 8.08. The van der Waals surface area contributed by atoms with Crippen molar-refractivity contribution in [2.45, 2.75) is 12.5 Å². The van der Waals surface area contributed by atoms with Gasteiger partial charge in [0.2, 0.25) is 5.91 Å². The van der Waals surface area contributed by atoms with Crippen LogP contribution in [-0.2, 0) is 4.79 Å². The van der Waals surface area contributed by atoms with Gasteiger partial charge >= 0.3 is 0 Å². The van der Waals surface area contributed by atoms with Crippen LogP contribution >= 0.6 is 40.1 Å². The number of carbonyl (C=O) groups excluding carboxylic acids is 1. The molecule has 0 aliphatic carbocycles. The van der Waals surface area contributed by atoms with Crippen LogP contribution in [0.5, 0.6) is 5.75 Å². The van der Waals surface area contributed by atoms with Crippen molar-refractivity contribution in [1.82, 2.24) is 5.32 Å². The zero-order chi connectivity index (χ0) is 13.7. The number of rotatable bonds is 4. The number of hydrogen-bond acceptors (Lipinski definition) is 4. The third kappa shape index (κ3) is 5.16. The minimum Gasteiger partial charge on any atom is -0.495 e. The first kappa shape index (κ1) is 17.6. The Labute approximate surface area is 137 Å². The molecule has 1 aliphatic heterocycles. The van der Waals surface area contributed by atoms with Crippen molar-refractivity contribution in [3.8, 4) is 5.75 Å². The molecule has 2 rings (SSSR count). The Balaban J connectivity index is 0.00000200. The first-order chi connectivity index (χ1) is 9.19. The smallest absolute Gasteiger partial charge is 0.225 e. The van der Waals surface area contributed by atoms with Gasteiger partial charge in [-0.1, -0.05) is 0 Å². The van der Waals surface area contributed by atoms with Crippen LogP contribution in [0.1, 0.15) is 6.42 Å². The molecule has 0 spiro atoms. The summed E-state index contributed by atoms with van der Waals surface area (Å²) in [6.45, 7) is 0.981. The van der Waals surface area contributed by atoms with E-state index in [1.165, 1.54) is 0 Å². The predicted molar refractivity (Wildman–Crippen MR) is 90.3 cm³/mol. The second kappa shape index (κ2) is 8.77. The predicted octanol–water partition coefficient (Wildman–Crippen LogP) is 2.91. The van der Waals surface area contributed by atoms with E-state index in [1.54, 1.807) is 7.11 Å². The van der Waals surface area contributed by atoms with E-state index < -0.39 is 0 Å². The average molecular weight is 382 g/mol. The summed E-state index contributed by atoms with van der Waals surface area (Å²) in [4.78, 5) is 12.0. The molecule has 1 atom stereocenters. The highest BCUT2D eigenvalue weighted by Crippen LogP contribution is 2.27. The second-order valence-corrected chi connectivity index (χ2v) is 6.33. The van der Waals surface area contributed by atoms with Crippen LogP contribution in [0.15, 0.2) is 22.7 Å². The van der Waals surface area contributed by atoms with Crippen LogP contribution in [0.3, 0.4) is 0 Å². The molecule has 1 amide bonds. The van der Waals surface area contributed by atoms with Crippen LogP contribution < -0.4 is 15.4 Å². The van der Waals surface area contributed by atoms with Crippen molar-refractivity contribution in [2.75, 3.05) is 30.5 Å². The molecule has 1 unspecified atom stereocenters. The van der Waals surface area contributed by atoms with Gasteiger partial charge in [0.15, 0.2) is 0 Å². The maximum absolute atomic E-state index is 12.0. The number of nitrogens with one attached hydrogen (secondary N) is 2. The second-order valence-electron chi connectivity index (χ2n) is 4.33. The summed E-state index contributed by atoms with van der Waals surface area (Å²) in [5.74, 6) is 2.87. The maximum Gasteiger partial charge on any atom is 0.225 e. The van der Waals surface area contributed by atoms with Crippen LogP contribution in [0, 0.1) is 0 Å². The standard InChI is InChI=1S/C13H17BrN2O2S.ClH/c1-18-12-6-9(2-3-11(12)14)16-13(17)7-10-8-19-5-4-15-10;/h2-3,6,10,15H,4-5,7-8H2,1H3,(H,16,17);1H. The molecule has 4 nitrogen and oxygen atoms in total. The number of ether oxygens (including phenoxy) is 1. The summed E-state index contributed by atoms with van der Waals surface area (Å²) in [6, 6.07) is 5.80. The molecule has 1 aromatic carbocycles. The lowest BCUT2D eigenvalue weighted by atomic mass is 10.2. The van der Waals surface area contributed by atoms with Gasteiger partial charge in [-0.2, -0.15) is 11.8 Å². The largest absolute Gasteiger partial charge is 0.495 e. The van der Waals surface area contributed by atoms with Gasteiger partial charge in [0.05, 0.1) is 11.6 Å². The SMILES string of the molecule is COc1cc(NC(=O)CC2CSCCN2)ccc1Br.Cl. The quantitative estimate of drug-likeness (QED) is 0.842. The Morgan fingerprint density at radius 2 is 2.40 bits per heavy atom. The minimum absolute atomic E-state index is 0. The number of benzene rings is 1. The molecule has 0 radical (unpaired) electrons. The fourth-order valence-electron chi connectivity index (χ4n) is 1.92. The lowest BCUT2D eigenvalue weighted by Gasteiger charge is -2.22. The number of anilines is 1. The van der Waals surface area contributed by atoms with Gasteiger partial charge in [0, 0.05) is 42.3 Å². The van der Waals surface area contributed by atoms with Crippen LogP contribution in [-0.4, -0.2) is 37.1 Å². The minimum atomic E-state index is 0. The summed E-state index contributed by atoms with van der Waals surface area (Å²) in [6.07, 6.45) is 0.505. The average Bonchev–Trinajstić information content (AvgIpc) is 2.42. The third-order valence-electron chi connectivity index (χ3n) is 2.87. The Morgan fingerprint density at radius 3 is 3.05 bits per heavy atom. The highest BCUT2D eigenvalue weighted by molar-refractivity contribution is 9.10. The fraction of sp³-hybridized carbons (Fsp3) is 0.462. The van der Waals surface area contributed by atoms with Gasteiger partial charge in [-0.3, -0.25) is 4.79 Å². The molecule has 0 aromatic heterocycles. The number of methoxy groups -OCH3 is 1. The van der Waals surface area contributed by atoms with E-state index in [-0.39, 0.29) is 24.4 Å². The highest BCUT2D eigenvalue weighted by Gasteiger charge is 2.16. The number of thioether (sulfide) groups is 1. The van der Waals surface area contributed by atoms with E-state index in [2.05, 4.69) is 26.6 Å². The fourth-order valence-corrected chi connectivity index (χ4v) is 3.28. The van der Waals surface area contributed by atoms with Gasteiger partial charge in [0.25, 0.3) is 0 Å². The molecule has 112 valence electrons. The zero-order valence-electron chi connectivity index (χ0n) is 11.1. The summed E-state index contributed by atoms with van der Waals surface area (Å²) in [5.41, 5.74) is 0.758. The molecule has 1 saturated heterocycles. The summed E-state index contributed by atoms with van der Waals surface area (Å²) < 4.78 is 6.08. The number of carbonyl (C=O) groups is 1. The third-order valence-corrected chi connectivity index (χ3v) is 4.65. The molecular weight excluding hydrogens is 364 g/mol. The summed E-state index contributed by atoms with van der Waals surface area (Å²) in [7, 11) is 1.61. The lowest BCUT2D eigenvalue weighted by molar-refractivity contribution is -0.116. The van der Waals surface area contributed by atoms with Crippen molar-refractivity contribution < 1.29 is 9.53 Å². The molecule has 2 N–H and O–H groups in total. The van der Waals surface area contributed by atoms with Gasteiger partial charge < -0.3 is 15.4 Å². The van der Waals surface area contributed by atoms with E-state index in [0.717, 1.165) is 28.2 Å². The molecule has 1 heterocycles. The van der Waals surface area contributed by atoms with Gasteiger partial charge in [-0.25, -0.2) is 0 Å². The van der Waals surface area contributed by atoms with E-state index >= 15 is 0 Å². The van der Waals surface area contributed by atoms with E-state index in [1.807, 2.05) is 30.0 Å². The number of halogens is 2. The molecule has 20 heavy (non-hydrogen) atoms. The molecule has 0 bridgehead atoms. The van der Waals surface area contributed by atoms with Gasteiger partial charge in [0.1, 0.15) is 5.75 Å². The van der Waals surface area contributed by atoms with Crippen molar-refractivity contribution in [3.05, 3.63) is 22.7 Å². The van der Waals surface area contributed by atoms with Gasteiger partial charge in [-0.05, 0) is 28.1 Å². The molecule has 1 aliphatic rings. The van der Waals surface area contributed by atoms with E-state index in [4.69, 9.17) is 4.74 Å². The van der Waals surface area contributed by atoms with Crippen molar-refractivity contribution in [1.29, 1.82) is 0 Å². The summed E-state index contributed by atoms with van der Waals surface area (Å²) >= 11 is 5.28. The highest BCUT2D eigenvalue weighted by atomic mass is 79.9. The first-order valence-electron chi connectivity index (χ1n) is 6.13. The molecule has 7 heteroatoms. The molecular formula is C13H18BrClN2O2S. The molecule has 0 saturated carbocycles. The Bertz CT molecular complexity index is 456. The monoisotopic (exact) mass is 380 g/mol. The molecule has 1 fully saturated rings. The molecule has 1 aromatic rings. The van der Waals surface area contributed by atoms with Crippen molar-refractivity contribution in [2.24, 2.45) is 0 Å². The van der Waals surface area contributed by atoms with Gasteiger partial charge in [-0.15, -0.1) is 12.4 Å². The summed E-state index contributed by atoms with van der Waals surface area (Å²) in [5, 5.41) is 6.26. The topological polar surface area (TPSA) is 50.4 Å². The van der Waals surface area contributed by atoms with E-state index in [0.29, 0.717) is 12.2 Å². The van der Waals surface area contributed by atoms with Crippen LogP contribution in [0.2, 0.25) is 0 Å². The normalized spacial score (nSPS) is 18.0. The number of hydrogen-bond donors (Lipinski definition) is 2. The number of amides is 1. The zero-order valence-corrected chi connectivity index (χ0v) is 14.4. The Hall–Kier alpha value is -0.430. The van der Waals surface area contributed by atoms with E-state index in [9.17, 15) is 4.79 Å². The van der Waals surface area contributed by atoms with Crippen LogP contribution in [0.25, 0.3) is 0 Å². The van der Waals surface area contributed by atoms with Crippen molar-refractivity contribution in [3.63, 3.8) is 0 Å². The maximum atomic E-state index is 12.0.